The topological polar surface area (TPSA) is 63.7 Å². The highest BCUT2D eigenvalue weighted by Gasteiger charge is 2.31. The Kier molecular flexibility index (Phi) is 6.02. The molecular weight excluding hydrogens is 390 g/mol. The van der Waals surface area contributed by atoms with E-state index in [1.165, 1.54) is 6.08 Å². The van der Waals surface area contributed by atoms with E-state index in [0.717, 1.165) is 48.8 Å². The van der Waals surface area contributed by atoms with Gasteiger partial charge in [-0.15, -0.1) is 0 Å². The molecule has 0 spiro atoms. The second-order valence-corrected chi connectivity index (χ2v) is 7.58. The van der Waals surface area contributed by atoms with Gasteiger partial charge in [-0.3, -0.25) is 4.79 Å². The number of pyridine rings is 1. The number of ether oxygens (including phenoxy) is 2. The molecule has 6 nitrogen and oxygen atoms in total. The van der Waals surface area contributed by atoms with Crippen molar-refractivity contribution in [3.05, 3.63) is 65.3 Å². The third kappa shape index (κ3) is 4.54. The first-order valence-corrected chi connectivity index (χ1v) is 10.2. The van der Waals surface area contributed by atoms with Crippen molar-refractivity contribution in [2.75, 3.05) is 31.2 Å². The number of hydrogen-bond donors (Lipinski definition) is 1. The fraction of sp³-hybridized carbons (Fsp3) is 0.364. The van der Waals surface area contributed by atoms with Crippen LogP contribution in [-0.2, 0) is 9.53 Å². The molecular formula is C22H24ClN3O3. The predicted octanol–water partition coefficient (Wildman–Crippen LogP) is 3.83. The van der Waals surface area contributed by atoms with Gasteiger partial charge < -0.3 is 19.7 Å². The van der Waals surface area contributed by atoms with Gasteiger partial charge in [0.25, 0.3) is 0 Å². The number of hydrogen-bond acceptors (Lipinski definition) is 5. The molecule has 0 bridgehead atoms. The van der Waals surface area contributed by atoms with Gasteiger partial charge in [0.2, 0.25) is 5.91 Å². The van der Waals surface area contributed by atoms with Crippen molar-refractivity contribution < 1.29 is 14.3 Å². The summed E-state index contributed by atoms with van der Waals surface area (Å²) < 4.78 is 11.7. The van der Waals surface area contributed by atoms with Crippen LogP contribution in [0.25, 0.3) is 0 Å². The molecule has 0 saturated carbocycles. The maximum atomic E-state index is 11.9. The van der Waals surface area contributed by atoms with Crippen LogP contribution in [0.3, 0.4) is 0 Å². The number of aromatic nitrogens is 1. The number of rotatable bonds is 5. The third-order valence-electron chi connectivity index (χ3n) is 5.27. The Bertz CT molecular complexity index is 881. The number of halogens is 1. The Labute approximate surface area is 175 Å². The van der Waals surface area contributed by atoms with E-state index in [1.54, 1.807) is 0 Å². The monoisotopic (exact) mass is 413 g/mol. The molecule has 1 N–H and O–H groups in total. The van der Waals surface area contributed by atoms with Gasteiger partial charge in [0.1, 0.15) is 17.7 Å². The van der Waals surface area contributed by atoms with Crippen molar-refractivity contribution in [3.8, 4) is 5.75 Å². The van der Waals surface area contributed by atoms with Gasteiger partial charge in [-0.2, -0.15) is 0 Å². The maximum Gasteiger partial charge on any atom is 0.243 e. The molecule has 2 atom stereocenters. The molecule has 1 fully saturated rings. The van der Waals surface area contributed by atoms with Gasteiger partial charge in [0.15, 0.2) is 0 Å². The van der Waals surface area contributed by atoms with Crippen LogP contribution >= 0.6 is 11.6 Å². The van der Waals surface area contributed by atoms with E-state index >= 15 is 0 Å². The summed E-state index contributed by atoms with van der Waals surface area (Å²) in [4.78, 5) is 19.1. The molecule has 7 heteroatoms. The number of fused-ring (bicyclic) bond motifs is 1. The molecule has 1 saturated heterocycles. The van der Waals surface area contributed by atoms with E-state index in [2.05, 4.69) is 22.9 Å². The van der Waals surface area contributed by atoms with Crippen LogP contribution in [0.15, 0.2) is 49.1 Å². The van der Waals surface area contributed by atoms with Gasteiger partial charge in [0, 0.05) is 18.1 Å². The van der Waals surface area contributed by atoms with Crippen molar-refractivity contribution in [2.45, 2.75) is 25.0 Å². The quantitative estimate of drug-likeness (QED) is 0.755. The smallest absolute Gasteiger partial charge is 0.243 e. The van der Waals surface area contributed by atoms with Crippen LogP contribution in [-0.4, -0.2) is 37.2 Å². The van der Waals surface area contributed by atoms with Gasteiger partial charge in [-0.05, 0) is 54.8 Å². The van der Waals surface area contributed by atoms with Crippen molar-refractivity contribution in [1.29, 1.82) is 0 Å². The first kappa shape index (κ1) is 19.7. The van der Waals surface area contributed by atoms with Crippen molar-refractivity contribution in [3.63, 3.8) is 0 Å². The first-order chi connectivity index (χ1) is 14.1. The molecule has 29 heavy (non-hydrogen) atoms. The highest BCUT2D eigenvalue weighted by molar-refractivity contribution is 6.30. The molecule has 0 unspecified atom stereocenters. The minimum Gasteiger partial charge on any atom is -0.484 e. The number of morpholine rings is 1. The number of nitrogens with zero attached hydrogens (tertiary/aromatic N) is 2. The molecule has 1 aliphatic heterocycles. The standard InChI is InChI=1S/C22H24ClN3O3/c1-2-21(27)24-18-8-9-19(29-16-5-3-15(23)4-6-16)22-17(18)7-10-20(25-22)26-11-13-28-14-12-26/h2-7,10,18-19H,1,8-9,11-14H2,(H,24,27)/t18-,19+/m0/s1. The van der Waals surface area contributed by atoms with Crippen molar-refractivity contribution >= 4 is 23.3 Å². The fourth-order valence-electron chi connectivity index (χ4n) is 3.78. The molecule has 152 valence electrons. The Morgan fingerprint density at radius 2 is 1.97 bits per heavy atom. The molecule has 1 aromatic carbocycles. The average Bonchev–Trinajstić information content (AvgIpc) is 2.77. The Morgan fingerprint density at radius 1 is 1.21 bits per heavy atom. The van der Waals surface area contributed by atoms with E-state index in [0.29, 0.717) is 18.2 Å². The van der Waals surface area contributed by atoms with Crippen LogP contribution in [0.5, 0.6) is 5.75 Å². The molecule has 0 radical (unpaired) electrons. The number of anilines is 1. The van der Waals surface area contributed by atoms with E-state index in [9.17, 15) is 4.79 Å². The summed E-state index contributed by atoms with van der Waals surface area (Å²) in [6.07, 6.45) is 2.62. The van der Waals surface area contributed by atoms with Crippen LogP contribution in [0.1, 0.15) is 36.2 Å². The molecule has 2 aliphatic rings. The molecule has 4 rings (SSSR count). The van der Waals surface area contributed by atoms with Crippen LogP contribution in [0, 0.1) is 0 Å². The summed E-state index contributed by atoms with van der Waals surface area (Å²) in [6.45, 7) is 6.57. The molecule has 2 heterocycles. The largest absolute Gasteiger partial charge is 0.484 e. The second-order valence-electron chi connectivity index (χ2n) is 7.15. The summed E-state index contributed by atoms with van der Waals surface area (Å²) in [7, 11) is 0. The van der Waals surface area contributed by atoms with Gasteiger partial charge in [0.05, 0.1) is 24.9 Å². The van der Waals surface area contributed by atoms with Crippen LogP contribution < -0.4 is 15.0 Å². The lowest BCUT2D eigenvalue weighted by Gasteiger charge is -2.33. The van der Waals surface area contributed by atoms with Crippen molar-refractivity contribution in [1.82, 2.24) is 10.3 Å². The zero-order chi connectivity index (χ0) is 20.2. The molecule has 2 aromatic rings. The van der Waals surface area contributed by atoms with Gasteiger partial charge in [-0.25, -0.2) is 4.98 Å². The van der Waals surface area contributed by atoms with E-state index in [4.69, 9.17) is 26.1 Å². The summed E-state index contributed by atoms with van der Waals surface area (Å²) >= 11 is 5.99. The molecule has 1 aromatic heterocycles. The minimum atomic E-state index is -0.191. The fourth-order valence-corrected chi connectivity index (χ4v) is 3.91. The number of amides is 1. The highest BCUT2D eigenvalue weighted by Crippen LogP contribution is 2.39. The normalized spacial score (nSPS) is 21.2. The zero-order valence-corrected chi connectivity index (χ0v) is 16.9. The SMILES string of the molecule is C=CC(=O)N[C@H]1CC[C@@H](Oc2ccc(Cl)cc2)c2nc(N3CCOCC3)ccc21. The average molecular weight is 414 g/mol. The lowest BCUT2D eigenvalue weighted by Crippen LogP contribution is -2.37. The summed E-state index contributed by atoms with van der Waals surface area (Å²) in [5, 5.41) is 3.68. The lowest BCUT2D eigenvalue weighted by atomic mass is 9.89. The predicted molar refractivity (Wildman–Crippen MR) is 112 cm³/mol. The second kappa shape index (κ2) is 8.84. The maximum absolute atomic E-state index is 11.9. The van der Waals surface area contributed by atoms with E-state index < -0.39 is 0 Å². The first-order valence-electron chi connectivity index (χ1n) is 9.83. The highest BCUT2D eigenvalue weighted by atomic mass is 35.5. The zero-order valence-electron chi connectivity index (χ0n) is 16.1. The lowest BCUT2D eigenvalue weighted by molar-refractivity contribution is -0.117. The minimum absolute atomic E-state index is 0.105. The Balaban J connectivity index is 1.65. The Morgan fingerprint density at radius 3 is 2.69 bits per heavy atom. The molecule has 1 aliphatic carbocycles. The van der Waals surface area contributed by atoms with Crippen LogP contribution in [0.2, 0.25) is 5.02 Å². The summed E-state index contributed by atoms with van der Waals surface area (Å²) in [6, 6.07) is 11.3. The number of benzene rings is 1. The summed E-state index contributed by atoms with van der Waals surface area (Å²) in [5.74, 6) is 1.47. The van der Waals surface area contributed by atoms with Crippen molar-refractivity contribution in [2.24, 2.45) is 0 Å². The third-order valence-corrected chi connectivity index (χ3v) is 5.52. The number of nitrogens with one attached hydrogen (secondary N) is 1. The number of carbonyl (C=O) groups is 1. The van der Waals surface area contributed by atoms with E-state index in [-0.39, 0.29) is 18.1 Å². The number of carbonyl (C=O) groups excluding carboxylic acids is 1. The van der Waals surface area contributed by atoms with Gasteiger partial charge in [-0.1, -0.05) is 24.2 Å². The van der Waals surface area contributed by atoms with E-state index in [1.807, 2.05) is 30.3 Å². The van der Waals surface area contributed by atoms with Gasteiger partial charge >= 0.3 is 0 Å². The molecule has 1 amide bonds. The Hall–Kier alpha value is -2.57. The van der Waals surface area contributed by atoms with Crippen LogP contribution in [0.4, 0.5) is 5.82 Å². The summed E-state index contributed by atoms with van der Waals surface area (Å²) in [5.41, 5.74) is 1.85.